The third kappa shape index (κ3) is 4.89. The second kappa shape index (κ2) is 7.41. The lowest BCUT2D eigenvalue weighted by Crippen LogP contribution is -2.15. The zero-order chi connectivity index (χ0) is 10.1. The first-order chi connectivity index (χ1) is 6.93. The fourth-order valence-electron chi connectivity index (χ4n) is 1.18. The van der Waals surface area contributed by atoms with Gasteiger partial charge in [-0.25, -0.2) is 0 Å². The van der Waals surface area contributed by atoms with E-state index in [0.29, 0.717) is 6.61 Å². The molecule has 0 saturated carbocycles. The van der Waals surface area contributed by atoms with Gasteiger partial charge in [-0.1, -0.05) is 0 Å². The molecule has 0 aliphatic rings. The van der Waals surface area contributed by atoms with Crippen LogP contribution in [0.2, 0.25) is 0 Å². The maximum Gasteiger partial charge on any atom is 0.0724 e. The van der Waals surface area contributed by atoms with Crippen LogP contribution in [-0.4, -0.2) is 28.2 Å². The zero-order valence-corrected chi connectivity index (χ0v) is 8.32. The van der Waals surface area contributed by atoms with Crippen LogP contribution in [0.1, 0.15) is 25.0 Å². The Kier molecular flexibility index (Phi) is 5.86. The number of unbranched alkanes of at least 4 members (excludes halogenated alkanes) is 2. The van der Waals surface area contributed by atoms with Crippen LogP contribution < -0.4 is 5.32 Å². The zero-order valence-electron chi connectivity index (χ0n) is 8.32. The minimum Gasteiger partial charge on any atom is -0.396 e. The van der Waals surface area contributed by atoms with Crippen molar-refractivity contribution in [3.63, 3.8) is 0 Å². The summed E-state index contributed by atoms with van der Waals surface area (Å²) in [7, 11) is 0. The van der Waals surface area contributed by atoms with E-state index in [2.05, 4.69) is 15.3 Å². The summed E-state index contributed by atoms with van der Waals surface area (Å²) in [5, 5.41) is 11.8. The van der Waals surface area contributed by atoms with Gasteiger partial charge in [-0.3, -0.25) is 9.97 Å². The summed E-state index contributed by atoms with van der Waals surface area (Å²) in [5.41, 5.74) is 0.967. The highest BCUT2D eigenvalue weighted by atomic mass is 16.2. The molecule has 4 heteroatoms. The predicted molar refractivity (Wildman–Crippen MR) is 54.7 cm³/mol. The molecule has 0 atom stereocenters. The van der Waals surface area contributed by atoms with Crippen LogP contribution in [0, 0.1) is 0 Å². The average Bonchev–Trinajstić information content (AvgIpc) is 2.25. The Hall–Kier alpha value is -1.00. The van der Waals surface area contributed by atoms with Crippen LogP contribution in [0.4, 0.5) is 0 Å². The lowest BCUT2D eigenvalue weighted by molar-refractivity contribution is 0.283. The summed E-state index contributed by atoms with van der Waals surface area (Å²) in [4.78, 5) is 8.13. The van der Waals surface area contributed by atoms with Crippen molar-refractivity contribution in [2.45, 2.75) is 25.8 Å². The highest BCUT2D eigenvalue weighted by molar-refractivity contribution is 4.93. The van der Waals surface area contributed by atoms with Crippen LogP contribution >= 0.6 is 0 Å². The molecule has 2 N–H and O–H groups in total. The molecule has 1 aromatic rings. The van der Waals surface area contributed by atoms with Crippen molar-refractivity contribution < 1.29 is 5.11 Å². The van der Waals surface area contributed by atoms with E-state index in [1.807, 2.05) is 0 Å². The minimum absolute atomic E-state index is 0.296. The van der Waals surface area contributed by atoms with Gasteiger partial charge in [0.2, 0.25) is 0 Å². The summed E-state index contributed by atoms with van der Waals surface area (Å²) >= 11 is 0. The highest BCUT2D eigenvalue weighted by Gasteiger charge is 1.92. The molecule has 0 fully saturated rings. The molecular weight excluding hydrogens is 178 g/mol. The maximum atomic E-state index is 8.56. The Labute approximate surface area is 84.4 Å². The van der Waals surface area contributed by atoms with Gasteiger partial charge in [0.25, 0.3) is 0 Å². The van der Waals surface area contributed by atoms with Crippen LogP contribution in [-0.2, 0) is 6.54 Å². The van der Waals surface area contributed by atoms with Gasteiger partial charge in [0.1, 0.15) is 0 Å². The average molecular weight is 195 g/mol. The third-order valence-electron chi connectivity index (χ3n) is 1.93. The molecule has 0 amide bonds. The molecule has 0 aromatic carbocycles. The first-order valence-electron chi connectivity index (χ1n) is 5.00. The molecule has 1 aromatic heterocycles. The summed E-state index contributed by atoms with van der Waals surface area (Å²) in [5.74, 6) is 0. The molecule has 1 rings (SSSR count). The van der Waals surface area contributed by atoms with Crippen LogP contribution in [0.5, 0.6) is 0 Å². The van der Waals surface area contributed by atoms with Gasteiger partial charge in [0.15, 0.2) is 0 Å². The van der Waals surface area contributed by atoms with Crippen LogP contribution in [0.25, 0.3) is 0 Å². The van der Waals surface area contributed by atoms with Crippen molar-refractivity contribution >= 4 is 0 Å². The smallest absolute Gasteiger partial charge is 0.0724 e. The molecule has 0 aliphatic heterocycles. The Morgan fingerprint density at radius 2 is 2.14 bits per heavy atom. The lowest BCUT2D eigenvalue weighted by atomic mass is 10.2. The highest BCUT2D eigenvalue weighted by Crippen LogP contribution is 1.93. The topological polar surface area (TPSA) is 58.0 Å². The number of aromatic nitrogens is 2. The van der Waals surface area contributed by atoms with E-state index in [1.54, 1.807) is 18.6 Å². The second-order valence-corrected chi connectivity index (χ2v) is 3.16. The first-order valence-corrected chi connectivity index (χ1v) is 5.00. The second-order valence-electron chi connectivity index (χ2n) is 3.16. The Morgan fingerprint density at radius 3 is 2.86 bits per heavy atom. The third-order valence-corrected chi connectivity index (χ3v) is 1.93. The van der Waals surface area contributed by atoms with Gasteiger partial charge in [0, 0.05) is 31.7 Å². The molecule has 1 heterocycles. The van der Waals surface area contributed by atoms with Gasteiger partial charge >= 0.3 is 0 Å². The largest absolute Gasteiger partial charge is 0.396 e. The fraction of sp³-hybridized carbons (Fsp3) is 0.600. The fourth-order valence-corrected chi connectivity index (χ4v) is 1.18. The van der Waals surface area contributed by atoms with Crippen molar-refractivity contribution in [2.24, 2.45) is 0 Å². The van der Waals surface area contributed by atoms with Crippen molar-refractivity contribution in [1.29, 1.82) is 0 Å². The van der Waals surface area contributed by atoms with Gasteiger partial charge in [-0.2, -0.15) is 0 Å². The van der Waals surface area contributed by atoms with E-state index in [9.17, 15) is 0 Å². The molecule has 0 spiro atoms. The number of rotatable bonds is 7. The van der Waals surface area contributed by atoms with Crippen molar-refractivity contribution in [2.75, 3.05) is 13.2 Å². The molecule has 0 saturated heterocycles. The van der Waals surface area contributed by atoms with E-state index in [0.717, 1.165) is 38.0 Å². The van der Waals surface area contributed by atoms with Crippen LogP contribution in [0.15, 0.2) is 18.6 Å². The first kappa shape index (κ1) is 11.1. The van der Waals surface area contributed by atoms with Crippen molar-refractivity contribution in [1.82, 2.24) is 15.3 Å². The standard InChI is InChI=1S/C10H17N3O/c14-7-3-1-2-4-11-8-10-9-12-5-6-13-10/h5-6,9,11,14H,1-4,7-8H2. The summed E-state index contributed by atoms with van der Waals surface area (Å²) in [6, 6.07) is 0. The van der Waals surface area contributed by atoms with E-state index in [1.165, 1.54) is 0 Å². The van der Waals surface area contributed by atoms with E-state index in [4.69, 9.17) is 5.11 Å². The van der Waals surface area contributed by atoms with Gasteiger partial charge < -0.3 is 10.4 Å². The van der Waals surface area contributed by atoms with Gasteiger partial charge in [-0.05, 0) is 25.8 Å². The van der Waals surface area contributed by atoms with Crippen molar-refractivity contribution in [3.8, 4) is 0 Å². The van der Waals surface area contributed by atoms with Crippen LogP contribution in [0.3, 0.4) is 0 Å². The normalized spacial score (nSPS) is 10.4. The van der Waals surface area contributed by atoms with Crippen molar-refractivity contribution in [3.05, 3.63) is 24.3 Å². The number of aliphatic hydroxyl groups excluding tert-OH is 1. The predicted octanol–water partition coefficient (Wildman–Crippen LogP) is 0.729. The number of hydrogen-bond acceptors (Lipinski definition) is 4. The number of nitrogens with zero attached hydrogens (tertiary/aromatic N) is 2. The maximum absolute atomic E-state index is 8.56. The molecule has 14 heavy (non-hydrogen) atoms. The number of aliphatic hydroxyl groups is 1. The van der Waals surface area contributed by atoms with E-state index in [-0.39, 0.29) is 0 Å². The molecule has 78 valence electrons. The van der Waals surface area contributed by atoms with Gasteiger partial charge in [0.05, 0.1) is 5.69 Å². The number of nitrogens with one attached hydrogen (secondary N) is 1. The Morgan fingerprint density at radius 1 is 1.21 bits per heavy atom. The summed E-state index contributed by atoms with van der Waals surface area (Å²) < 4.78 is 0. The number of hydrogen-bond donors (Lipinski definition) is 2. The monoisotopic (exact) mass is 195 g/mol. The molecule has 0 radical (unpaired) electrons. The molecule has 4 nitrogen and oxygen atoms in total. The van der Waals surface area contributed by atoms with E-state index < -0.39 is 0 Å². The molecular formula is C10H17N3O. The lowest BCUT2D eigenvalue weighted by Gasteiger charge is -2.02. The molecule has 0 bridgehead atoms. The quantitative estimate of drug-likeness (QED) is 0.630. The molecule has 0 aliphatic carbocycles. The van der Waals surface area contributed by atoms with E-state index >= 15 is 0 Å². The Balaban J connectivity index is 1.99. The Bertz CT molecular complexity index is 228. The summed E-state index contributed by atoms with van der Waals surface area (Å²) in [6.07, 6.45) is 8.20. The van der Waals surface area contributed by atoms with Gasteiger partial charge in [-0.15, -0.1) is 0 Å². The molecule has 0 unspecified atom stereocenters. The minimum atomic E-state index is 0.296. The SMILES string of the molecule is OCCCCCNCc1cnccn1. The summed E-state index contributed by atoms with van der Waals surface area (Å²) in [6.45, 7) is 2.04.